The zero-order valence-corrected chi connectivity index (χ0v) is 19.5. The third-order valence-electron chi connectivity index (χ3n) is 6.12. The van der Waals surface area contributed by atoms with Crippen molar-refractivity contribution in [3.63, 3.8) is 0 Å². The fourth-order valence-electron chi connectivity index (χ4n) is 4.27. The molecule has 2 N–H and O–H groups in total. The second-order valence-electron chi connectivity index (χ2n) is 8.39. The third-order valence-corrected chi connectivity index (χ3v) is 6.12. The van der Waals surface area contributed by atoms with Crippen LogP contribution in [0.15, 0.2) is 30.5 Å². The van der Waals surface area contributed by atoms with Gasteiger partial charge in [0, 0.05) is 25.1 Å². The molecule has 1 aromatic carbocycles. The van der Waals surface area contributed by atoms with E-state index in [9.17, 15) is 9.59 Å². The number of aromatic nitrogens is 2. The average Bonchev–Trinajstić information content (AvgIpc) is 3.45. The Bertz CT molecular complexity index is 1190. The molecule has 1 atom stereocenters. The van der Waals surface area contributed by atoms with Crippen LogP contribution in [0.1, 0.15) is 40.5 Å². The SMILES string of the molecule is CCn1c(C(=O)OC)c(NC(=O)C2CCOC2)c2cc(NCc3ccc(C)cc3C)cnc21. The maximum Gasteiger partial charge on any atom is 0.356 e. The van der Waals surface area contributed by atoms with Crippen molar-refractivity contribution in [1.29, 1.82) is 0 Å². The van der Waals surface area contributed by atoms with E-state index in [4.69, 9.17) is 9.47 Å². The van der Waals surface area contributed by atoms with Crippen LogP contribution in [-0.2, 0) is 27.4 Å². The van der Waals surface area contributed by atoms with Crippen LogP contribution >= 0.6 is 0 Å². The molecule has 174 valence electrons. The number of carbonyl (C=O) groups is 2. The van der Waals surface area contributed by atoms with E-state index in [0.717, 1.165) is 5.69 Å². The van der Waals surface area contributed by atoms with Crippen LogP contribution in [0.4, 0.5) is 11.4 Å². The number of nitrogens with zero attached hydrogens (tertiary/aromatic N) is 2. The fraction of sp³-hybridized carbons (Fsp3) is 0.400. The number of rotatable bonds is 7. The molecule has 3 aromatic rings. The lowest BCUT2D eigenvalue weighted by molar-refractivity contribution is -0.119. The van der Waals surface area contributed by atoms with Crippen molar-refractivity contribution in [1.82, 2.24) is 9.55 Å². The Morgan fingerprint density at radius 1 is 1.27 bits per heavy atom. The van der Waals surface area contributed by atoms with Gasteiger partial charge in [-0.15, -0.1) is 0 Å². The number of fused-ring (bicyclic) bond motifs is 1. The molecule has 33 heavy (non-hydrogen) atoms. The lowest BCUT2D eigenvalue weighted by Crippen LogP contribution is -2.24. The number of hydrogen-bond donors (Lipinski definition) is 2. The summed E-state index contributed by atoms with van der Waals surface area (Å²) in [6.45, 7) is 8.18. The number of nitrogens with one attached hydrogen (secondary N) is 2. The van der Waals surface area contributed by atoms with Crippen molar-refractivity contribution in [3.05, 3.63) is 52.8 Å². The minimum atomic E-state index is -0.516. The Kier molecular flexibility index (Phi) is 6.65. The highest BCUT2D eigenvalue weighted by Crippen LogP contribution is 2.33. The lowest BCUT2D eigenvalue weighted by Gasteiger charge is -2.12. The normalized spacial score (nSPS) is 15.6. The van der Waals surface area contributed by atoms with Gasteiger partial charge in [0.2, 0.25) is 5.91 Å². The molecule has 1 fully saturated rings. The summed E-state index contributed by atoms with van der Waals surface area (Å²) >= 11 is 0. The Morgan fingerprint density at radius 3 is 2.76 bits per heavy atom. The first-order chi connectivity index (χ1) is 15.9. The number of methoxy groups -OCH3 is 1. The van der Waals surface area contributed by atoms with Gasteiger partial charge in [-0.25, -0.2) is 9.78 Å². The van der Waals surface area contributed by atoms with Gasteiger partial charge in [-0.05, 0) is 44.4 Å². The lowest BCUT2D eigenvalue weighted by atomic mass is 10.1. The second kappa shape index (κ2) is 9.62. The van der Waals surface area contributed by atoms with Gasteiger partial charge in [-0.3, -0.25) is 4.79 Å². The highest BCUT2D eigenvalue weighted by Gasteiger charge is 2.29. The summed E-state index contributed by atoms with van der Waals surface area (Å²) in [4.78, 5) is 30.2. The van der Waals surface area contributed by atoms with Crippen LogP contribution in [0, 0.1) is 19.8 Å². The molecule has 1 unspecified atom stereocenters. The molecular formula is C25H30N4O4. The van der Waals surface area contributed by atoms with Crippen molar-refractivity contribution < 1.29 is 19.1 Å². The monoisotopic (exact) mass is 450 g/mol. The molecule has 1 aliphatic heterocycles. The fourth-order valence-corrected chi connectivity index (χ4v) is 4.27. The van der Waals surface area contributed by atoms with Gasteiger partial charge in [0.25, 0.3) is 0 Å². The molecule has 4 rings (SSSR count). The number of aryl methyl sites for hydroxylation is 3. The van der Waals surface area contributed by atoms with Gasteiger partial charge >= 0.3 is 5.97 Å². The van der Waals surface area contributed by atoms with Crippen LogP contribution in [0.2, 0.25) is 0 Å². The zero-order valence-electron chi connectivity index (χ0n) is 19.5. The highest BCUT2D eigenvalue weighted by molar-refractivity contribution is 6.11. The molecule has 0 aliphatic carbocycles. The van der Waals surface area contributed by atoms with E-state index >= 15 is 0 Å². The van der Waals surface area contributed by atoms with E-state index in [0.29, 0.717) is 55.1 Å². The summed E-state index contributed by atoms with van der Waals surface area (Å²) in [5.74, 6) is -0.923. The molecular weight excluding hydrogens is 420 g/mol. The van der Waals surface area contributed by atoms with Crippen molar-refractivity contribution in [2.24, 2.45) is 5.92 Å². The van der Waals surface area contributed by atoms with Gasteiger partial charge in [0.05, 0.1) is 37.2 Å². The summed E-state index contributed by atoms with van der Waals surface area (Å²) in [7, 11) is 1.33. The number of anilines is 2. The Labute approximate surface area is 193 Å². The molecule has 1 saturated heterocycles. The second-order valence-corrected chi connectivity index (χ2v) is 8.39. The van der Waals surface area contributed by atoms with Crippen molar-refractivity contribution in [2.45, 2.75) is 40.3 Å². The van der Waals surface area contributed by atoms with Crippen LogP contribution in [0.5, 0.6) is 0 Å². The van der Waals surface area contributed by atoms with E-state index in [1.54, 1.807) is 10.8 Å². The number of esters is 1. The molecule has 8 heteroatoms. The summed E-state index contributed by atoms with van der Waals surface area (Å²) in [5.41, 5.74) is 5.77. The Balaban J connectivity index is 1.71. The first-order valence-electron chi connectivity index (χ1n) is 11.2. The van der Waals surface area contributed by atoms with E-state index < -0.39 is 5.97 Å². The predicted molar refractivity (Wildman–Crippen MR) is 128 cm³/mol. The predicted octanol–water partition coefficient (Wildman–Crippen LogP) is 4.05. The van der Waals surface area contributed by atoms with E-state index in [1.807, 2.05) is 13.0 Å². The molecule has 1 amide bonds. The molecule has 2 aromatic heterocycles. The van der Waals surface area contributed by atoms with Gasteiger partial charge in [0.15, 0.2) is 5.69 Å². The number of ether oxygens (including phenoxy) is 2. The third kappa shape index (κ3) is 4.57. The van der Waals surface area contributed by atoms with Gasteiger partial charge in [-0.1, -0.05) is 23.8 Å². The van der Waals surface area contributed by atoms with E-state index in [1.165, 1.54) is 23.8 Å². The number of amides is 1. The van der Waals surface area contributed by atoms with Gasteiger partial charge in [-0.2, -0.15) is 0 Å². The average molecular weight is 451 g/mol. The van der Waals surface area contributed by atoms with Crippen molar-refractivity contribution >= 4 is 34.3 Å². The first kappa shape index (κ1) is 22.8. The smallest absolute Gasteiger partial charge is 0.356 e. The summed E-state index contributed by atoms with van der Waals surface area (Å²) < 4.78 is 12.2. The van der Waals surface area contributed by atoms with E-state index in [2.05, 4.69) is 47.7 Å². The molecule has 8 nitrogen and oxygen atoms in total. The number of benzene rings is 1. The van der Waals surface area contributed by atoms with Crippen LogP contribution in [0.25, 0.3) is 11.0 Å². The minimum absolute atomic E-state index is 0.165. The van der Waals surface area contributed by atoms with Crippen LogP contribution in [-0.4, -0.2) is 41.8 Å². The topological polar surface area (TPSA) is 94.5 Å². The first-order valence-corrected chi connectivity index (χ1v) is 11.2. The van der Waals surface area contributed by atoms with Gasteiger partial charge in [0.1, 0.15) is 5.65 Å². The van der Waals surface area contributed by atoms with Crippen LogP contribution < -0.4 is 10.6 Å². The van der Waals surface area contributed by atoms with Gasteiger partial charge < -0.3 is 24.7 Å². The van der Waals surface area contributed by atoms with Crippen molar-refractivity contribution in [2.75, 3.05) is 31.0 Å². The number of hydrogen-bond acceptors (Lipinski definition) is 6. The molecule has 3 heterocycles. The Hall–Kier alpha value is -3.39. The molecule has 0 radical (unpaired) electrons. The summed E-state index contributed by atoms with van der Waals surface area (Å²) in [6, 6.07) is 8.28. The quantitative estimate of drug-likeness (QED) is 0.528. The molecule has 0 saturated carbocycles. The van der Waals surface area contributed by atoms with E-state index in [-0.39, 0.29) is 11.8 Å². The largest absolute Gasteiger partial charge is 0.464 e. The molecule has 1 aliphatic rings. The number of carbonyl (C=O) groups excluding carboxylic acids is 2. The summed E-state index contributed by atoms with van der Waals surface area (Å²) in [6.07, 6.45) is 2.41. The standard InChI is InChI=1S/C25H30N4O4/c1-5-29-22(25(31)32-4)21(28-24(30)18-8-9-33-14-18)20-11-19(13-27-23(20)29)26-12-17-7-6-15(2)10-16(17)3/h6-7,10-11,13,18,26H,5,8-9,12,14H2,1-4H3,(H,28,30). The van der Waals surface area contributed by atoms with Crippen molar-refractivity contribution in [3.8, 4) is 0 Å². The maximum atomic E-state index is 12.9. The van der Waals surface area contributed by atoms with Crippen LogP contribution in [0.3, 0.4) is 0 Å². The summed E-state index contributed by atoms with van der Waals surface area (Å²) in [5, 5.41) is 7.08. The minimum Gasteiger partial charge on any atom is -0.464 e. The molecule has 0 spiro atoms. The highest BCUT2D eigenvalue weighted by atomic mass is 16.5. The Morgan fingerprint density at radius 2 is 2.09 bits per heavy atom. The zero-order chi connectivity index (χ0) is 23.5. The molecule has 0 bridgehead atoms. The number of pyridine rings is 1. The maximum absolute atomic E-state index is 12.9.